The lowest BCUT2D eigenvalue weighted by Gasteiger charge is -2.23. The topological polar surface area (TPSA) is 55.4 Å². The van der Waals surface area contributed by atoms with Gasteiger partial charge in [-0.15, -0.1) is 0 Å². The minimum Gasteiger partial charge on any atom is -0.491 e. The Kier molecular flexibility index (Phi) is 5.27. The SMILES string of the molecule is CNC(CC1CCS(=O)(=O)C1)c1ccccc1OC(C)C. The number of hydrogen-bond donors (Lipinski definition) is 1. The van der Waals surface area contributed by atoms with Crippen molar-refractivity contribution in [2.45, 2.75) is 38.8 Å². The standard InChI is InChI=1S/C16H25NO3S/c1-12(2)20-16-7-5-4-6-14(16)15(17-3)10-13-8-9-21(18,19)11-13/h4-7,12-13,15,17H,8-11H2,1-3H3. The lowest BCUT2D eigenvalue weighted by atomic mass is 9.94. The molecule has 0 bridgehead atoms. The van der Waals surface area contributed by atoms with Crippen LogP contribution in [0.5, 0.6) is 5.75 Å². The van der Waals surface area contributed by atoms with Gasteiger partial charge in [-0.1, -0.05) is 18.2 Å². The fraction of sp³-hybridized carbons (Fsp3) is 0.625. The summed E-state index contributed by atoms with van der Waals surface area (Å²) in [5.41, 5.74) is 1.11. The first kappa shape index (κ1) is 16.3. The Hall–Kier alpha value is -1.07. The van der Waals surface area contributed by atoms with Gasteiger partial charge in [-0.2, -0.15) is 0 Å². The number of rotatable bonds is 6. The maximum atomic E-state index is 11.6. The normalized spacial score (nSPS) is 22.4. The molecule has 0 saturated carbocycles. The van der Waals surface area contributed by atoms with Gasteiger partial charge in [0.2, 0.25) is 0 Å². The Bertz CT molecular complexity index is 569. The van der Waals surface area contributed by atoms with Crippen LogP contribution in [0, 0.1) is 5.92 Å². The second-order valence-corrected chi connectivity index (χ2v) is 8.28. The van der Waals surface area contributed by atoms with Crippen molar-refractivity contribution >= 4 is 9.84 Å². The van der Waals surface area contributed by atoms with Crippen molar-refractivity contribution in [1.29, 1.82) is 0 Å². The maximum absolute atomic E-state index is 11.6. The van der Waals surface area contributed by atoms with Crippen molar-refractivity contribution in [3.63, 3.8) is 0 Å². The van der Waals surface area contributed by atoms with E-state index in [2.05, 4.69) is 11.4 Å². The smallest absolute Gasteiger partial charge is 0.150 e. The van der Waals surface area contributed by atoms with Crippen molar-refractivity contribution < 1.29 is 13.2 Å². The average molecular weight is 311 g/mol. The molecule has 1 aliphatic heterocycles. The molecule has 2 rings (SSSR count). The molecule has 1 fully saturated rings. The highest BCUT2D eigenvalue weighted by atomic mass is 32.2. The maximum Gasteiger partial charge on any atom is 0.150 e. The number of hydrogen-bond acceptors (Lipinski definition) is 4. The first-order valence-electron chi connectivity index (χ1n) is 7.54. The van der Waals surface area contributed by atoms with Gasteiger partial charge in [0.25, 0.3) is 0 Å². The number of benzene rings is 1. The highest BCUT2D eigenvalue weighted by molar-refractivity contribution is 7.91. The summed E-state index contributed by atoms with van der Waals surface area (Å²) < 4.78 is 29.1. The van der Waals surface area contributed by atoms with E-state index in [1.807, 2.05) is 39.1 Å². The number of sulfone groups is 1. The van der Waals surface area contributed by atoms with Crippen LogP contribution in [0.2, 0.25) is 0 Å². The van der Waals surface area contributed by atoms with Crippen LogP contribution in [0.4, 0.5) is 0 Å². The zero-order valence-electron chi connectivity index (χ0n) is 13.0. The molecular weight excluding hydrogens is 286 g/mol. The quantitative estimate of drug-likeness (QED) is 0.877. The third-order valence-corrected chi connectivity index (χ3v) is 5.74. The summed E-state index contributed by atoms with van der Waals surface area (Å²) in [4.78, 5) is 0. The van der Waals surface area contributed by atoms with Crippen molar-refractivity contribution in [3.05, 3.63) is 29.8 Å². The molecule has 2 atom stereocenters. The van der Waals surface area contributed by atoms with Gasteiger partial charge in [-0.25, -0.2) is 8.42 Å². The molecule has 2 unspecified atom stereocenters. The third kappa shape index (κ3) is 4.45. The van der Waals surface area contributed by atoms with E-state index in [9.17, 15) is 8.42 Å². The average Bonchev–Trinajstić information content (AvgIpc) is 2.75. The van der Waals surface area contributed by atoms with Crippen LogP contribution in [0.25, 0.3) is 0 Å². The largest absolute Gasteiger partial charge is 0.491 e. The van der Waals surface area contributed by atoms with Crippen molar-refractivity contribution in [2.75, 3.05) is 18.6 Å². The molecule has 0 radical (unpaired) electrons. The summed E-state index contributed by atoms with van der Waals surface area (Å²) in [6.45, 7) is 4.02. The monoisotopic (exact) mass is 311 g/mol. The van der Waals surface area contributed by atoms with E-state index in [4.69, 9.17) is 4.74 Å². The summed E-state index contributed by atoms with van der Waals surface area (Å²) in [5.74, 6) is 1.77. The molecular formula is C16H25NO3S. The Balaban J connectivity index is 2.14. The fourth-order valence-corrected chi connectivity index (χ4v) is 4.80. The minimum absolute atomic E-state index is 0.121. The highest BCUT2D eigenvalue weighted by Crippen LogP contribution is 2.33. The highest BCUT2D eigenvalue weighted by Gasteiger charge is 2.30. The molecule has 0 spiro atoms. The van der Waals surface area contributed by atoms with Gasteiger partial charge >= 0.3 is 0 Å². The van der Waals surface area contributed by atoms with Crippen LogP contribution in [0.3, 0.4) is 0 Å². The minimum atomic E-state index is -2.82. The number of para-hydroxylation sites is 1. The van der Waals surface area contributed by atoms with Gasteiger partial charge in [0.1, 0.15) is 5.75 Å². The molecule has 118 valence electrons. The van der Waals surface area contributed by atoms with Gasteiger partial charge in [0.15, 0.2) is 9.84 Å². The van der Waals surface area contributed by atoms with Crippen LogP contribution in [0.1, 0.15) is 38.3 Å². The Morgan fingerprint density at radius 3 is 2.62 bits per heavy atom. The molecule has 1 saturated heterocycles. The first-order chi connectivity index (χ1) is 9.91. The number of ether oxygens (including phenoxy) is 1. The molecule has 21 heavy (non-hydrogen) atoms. The van der Waals surface area contributed by atoms with Gasteiger partial charge in [0.05, 0.1) is 17.6 Å². The van der Waals surface area contributed by atoms with Crippen molar-refractivity contribution in [1.82, 2.24) is 5.32 Å². The van der Waals surface area contributed by atoms with E-state index in [-0.39, 0.29) is 18.1 Å². The van der Waals surface area contributed by atoms with Crippen LogP contribution < -0.4 is 10.1 Å². The molecule has 1 aliphatic rings. The zero-order chi connectivity index (χ0) is 15.5. The molecule has 5 heteroatoms. The van der Waals surface area contributed by atoms with E-state index in [0.29, 0.717) is 11.5 Å². The van der Waals surface area contributed by atoms with Crippen LogP contribution >= 0.6 is 0 Å². The van der Waals surface area contributed by atoms with Crippen LogP contribution in [-0.2, 0) is 9.84 Å². The molecule has 0 amide bonds. The van der Waals surface area contributed by atoms with E-state index in [1.165, 1.54) is 0 Å². The van der Waals surface area contributed by atoms with E-state index in [1.54, 1.807) is 0 Å². The Morgan fingerprint density at radius 2 is 2.05 bits per heavy atom. The predicted octanol–water partition coefficient (Wildman–Crippen LogP) is 2.56. The summed E-state index contributed by atoms with van der Waals surface area (Å²) >= 11 is 0. The molecule has 1 heterocycles. The third-order valence-electron chi connectivity index (χ3n) is 3.90. The van der Waals surface area contributed by atoms with Gasteiger partial charge in [0, 0.05) is 11.6 Å². The summed E-state index contributed by atoms with van der Waals surface area (Å²) in [7, 11) is -0.903. The van der Waals surface area contributed by atoms with E-state index >= 15 is 0 Å². The molecule has 1 aromatic carbocycles. The molecule has 0 aromatic heterocycles. The fourth-order valence-electron chi connectivity index (χ4n) is 2.92. The predicted molar refractivity (Wildman–Crippen MR) is 85.4 cm³/mol. The van der Waals surface area contributed by atoms with E-state index in [0.717, 1.165) is 24.2 Å². The van der Waals surface area contributed by atoms with Gasteiger partial charge in [-0.3, -0.25) is 0 Å². The van der Waals surface area contributed by atoms with E-state index < -0.39 is 9.84 Å². The molecule has 1 aromatic rings. The zero-order valence-corrected chi connectivity index (χ0v) is 13.8. The van der Waals surface area contributed by atoms with Gasteiger partial charge < -0.3 is 10.1 Å². The first-order valence-corrected chi connectivity index (χ1v) is 9.36. The molecule has 4 nitrogen and oxygen atoms in total. The number of nitrogens with one attached hydrogen (secondary N) is 1. The summed E-state index contributed by atoms with van der Waals surface area (Å²) in [5, 5.41) is 3.31. The lowest BCUT2D eigenvalue weighted by molar-refractivity contribution is 0.236. The van der Waals surface area contributed by atoms with Gasteiger partial charge in [-0.05, 0) is 45.7 Å². The van der Waals surface area contributed by atoms with Crippen LogP contribution in [0.15, 0.2) is 24.3 Å². The molecule has 0 aliphatic carbocycles. The van der Waals surface area contributed by atoms with Crippen LogP contribution in [-0.4, -0.2) is 33.1 Å². The van der Waals surface area contributed by atoms with Crippen molar-refractivity contribution in [3.8, 4) is 5.75 Å². The lowest BCUT2D eigenvalue weighted by Crippen LogP contribution is -2.22. The second-order valence-electron chi connectivity index (χ2n) is 6.05. The Morgan fingerprint density at radius 1 is 1.33 bits per heavy atom. The second kappa shape index (κ2) is 6.79. The summed E-state index contributed by atoms with van der Waals surface area (Å²) in [6, 6.07) is 8.12. The Labute approximate surface area is 127 Å². The summed E-state index contributed by atoms with van der Waals surface area (Å²) in [6.07, 6.45) is 1.72. The van der Waals surface area contributed by atoms with Crippen molar-refractivity contribution in [2.24, 2.45) is 5.92 Å². The molecule has 1 N–H and O–H groups in total.